The smallest absolute Gasteiger partial charge is 0.194 e. The molecule has 1 aromatic rings. The van der Waals surface area contributed by atoms with Crippen LogP contribution in [0.15, 0.2) is 6.07 Å². The van der Waals surface area contributed by atoms with E-state index in [1.165, 1.54) is 6.07 Å². The maximum absolute atomic E-state index is 13.5. The molecule has 0 heterocycles. The van der Waals surface area contributed by atoms with Crippen molar-refractivity contribution in [3.05, 3.63) is 23.0 Å². The van der Waals surface area contributed by atoms with E-state index in [2.05, 4.69) is 0 Å². The molecule has 3 nitrogen and oxygen atoms in total. The predicted octanol–water partition coefficient (Wildman–Crippen LogP) is 2.24. The van der Waals surface area contributed by atoms with Crippen molar-refractivity contribution < 1.29 is 19.4 Å². The first-order chi connectivity index (χ1) is 6.99. The highest BCUT2D eigenvalue weighted by Gasteiger charge is 2.18. The molecular formula is C11H13FO3. The molecular weight excluding hydrogens is 199 g/mol. The Morgan fingerprint density at radius 2 is 2.07 bits per heavy atom. The number of aryl methyl sites for hydroxylation is 1. The first-order valence-electron chi connectivity index (χ1n) is 4.63. The number of carbonyl (C=O) groups excluding carboxylic acids is 1. The zero-order valence-corrected chi connectivity index (χ0v) is 8.62. The van der Waals surface area contributed by atoms with E-state index in [0.29, 0.717) is 11.8 Å². The van der Waals surface area contributed by atoms with Gasteiger partial charge in [0.1, 0.15) is 6.29 Å². The third-order valence-electron chi connectivity index (χ3n) is 2.41. The summed E-state index contributed by atoms with van der Waals surface area (Å²) in [4.78, 5) is 10.3. The van der Waals surface area contributed by atoms with Gasteiger partial charge in [-0.2, -0.15) is 0 Å². The Morgan fingerprint density at radius 3 is 2.60 bits per heavy atom. The zero-order chi connectivity index (χ0) is 11.6. The lowest BCUT2D eigenvalue weighted by molar-refractivity contribution is -0.108. The molecule has 4 heteroatoms. The highest BCUT2D eigenvalue weighted by Crippen LogP contribution is 2.36. The van der Waals surface area contributed by atoms with Gasteiger partial charge in [0.15, 0.2) is 17.3 Å². The van der Waals surface area contributed by atoms with Crippen LogP contribution < -0.4 is 0 Å². The van der Waals surface area contributed by atoms with Gasteiger partial charge < -0.3 is 15.0 Å². The molecule has 0 aliphatic heterocycles. The van der Waals surface area contributed by atoms with Crippen LogP contribution in [0.1, 0.15) is 30.4 Å². The van der Waals surface area contributed by atoms with Gasteiger partial charge in [0.25, 0.3) is 0 Å². The molecule has 0 radical (unpaired) electrons. The summed E-state index contributed by atoms with van der Waals surface area (Å²) in [6.45, 7) is 3.24. The van der Waals surface area contributed by atoms with Crippen molar-refractivity contribution in [2.45, 2.75) is 26.2 Å². The van der Waals surface area contributed by atoms with Crippen molar-refractivity contribution in [1.29, 1.82) is 0 Å². The van der Waals surface area contributed by atoms with Crippen molar-refractivity contribution in [1.82, 2.24) is 0 Å². The molecule has 0 bridgehead atoms. The number of carbonyl (C=O) groups is 1. The van der Waals surface area contributed by atoms with Gasteiger partial charge in [-0.1, -0.05) is 6.92 Å². The fraction of sp³-hybridized carbons (Fsp3) is 0.364. The van der Waals surface area contributed by atoms with Crippen LogP contribution in [0.25, 0.3) is 0 Å². The van der Waals surface area contributed by atoms with Crippen molar-refractivity contribution >= 4 is 6.29 Å². The quantitative estimate of drug-likeness (QED) is 0.596. The van der Waals surface area contributed by atoms with E-state index in [9.17, 15) is 19.4 Å². The summed E-state index contributed by atoms with van der Waals surface area (Å²) in [5.74, 6) is -2.36. The Bertz CT molecular complexity index is 388. The lowest BCUT2D eigenvalue weighted by Crippen LogP contribution is -1.99. The normalized spacial score (nSPS) is 12.5. The summed E-state index contributed by atoms with van der Waals surface area (Å²) < 4.78 is 13.5. The average molecular weight is 212 g/mol. The van der Waals surface area contributed by atoms with Gasteiger partial charge in [0, 0.05) is 6.42 Å². The van der Waals surface area contributed by atoms with Gasteiger partial charge in [-0.05, 0) is 30.0 Å². The lowest BCUT2D eigenvalue weighted by Gasteiger charge is -2.13. The summed E-state index contributed by atoms with van der Waals surface area (Å²) in [6.07, 6.45) is 0.879. The summed E-state index contributed by atoms with van der Waals surface area (Å²) in [7, 11) is 0. The maximum atomic E-state index is 13.5. The fourth-order valence-corrected chi connectivity index (χ4v) is 1.42. The molecule has 0 aliphatic carbocycles. The first-order valence-corrected chi connectivity index (χ1v) is 4.63. The molecule has 0 saturated heterocycles. The Balaban J connectivity index is 3.25. The van der Waals surface area contributed by atoms with E-state index in [4.69, 9.17) is 0 Å². The Morgan fingerprint density at radius 1 is 1.47 bits per heavy atom. The molecule has 2 N–H and O–H groups in total. The molecule has 0 spiro atoms. The van der Waals surface area contributed by atoms with Crippen molar-refractivity contribution in [2.75, 3.05) is 0 Å². The topological polar surface area (TPSA) is 57.5 Å². The largest absolute Gasteiger partial charge is 0.504 e. The van der Waals surface area contributed by atoms with E-state index in [1.54, 1.807) is 13.8 Å². The highest BCUT2D eigenvalue weighted by molar-refractivity contribution is 5.54. The Labute approximate surface area is 87.2 Å². The van der Waals surface area contributed by atoms with Crippen molar-refractivity contribution in [2.24, 2.45) is 0 Å². The van der Waals surface area contributed by atoms with Crippen LogP contribution in [0, 0.1) is 12.7 Å². The molecule has 1 aromatic carbocycles. The van der Waals surface area contributed by atoms with E-state index >= 15 is 0 Å². The van der Waals surface area contributed by atoms with Crippen LogP contribution in [0.4, 0.5) is 4.39 Å². The molecule has 15 heavy (non-hydrogen) atoms. The van der Waals surface area contributed by atoms with Gasteiger partial charge in [-0.3, -0.25) is 0 Å². The molecule has 0 fully saturated rings. The number of aldehydes is 1. The number of phenols is 2. The van der Waals surface area contributed by atoms with Crippen LogP contribution >= 0.6 is 0 Å². The third-order valence-corrected chi connectivity index (χ3v) is 2.41. The molecule has 1 atom stereocenters. The van der Waals surface area contributed by atoms with Crippen molar-refractivity contribution in [3.63, 3.8) is 0 Å². The molecule has 0 aliphatic rings. The molecule has 0 amide bonds. The molecule has 1 rings (SSSR count). The Hall–Kier alpha value is -1.58. The lowest BCUT2D eigenvalue weighted by atomic mass is 9.95. The number of rotatable bonds is 3. The highest BCUT2D eigenvalue weighted by atomic mass is 19.1. The van der Waals surface area contributed by atoms with E-state index in [-0.39, 0.29) is 17.9 Å². The third kappa shape index (κ3) is 2.09. The zero-order valence-electron chi connectivity index (χ0n) is 8.62. The fourth-order valence-electron chi connectivity index (χ4n) is 1.42. The monoisotopic (exact) mass is 212 g/mol. The molecule has 0 saturated carbocycles. The second-order valence-corrected chi connectivity index (χ2v) is 3.60. The van der Waals surface area contributed by atoms with Gasteiger partial charge in [0.05, 0.1) is 0 Å². The Kier molecular flexibility index (Phi) is 3.29. The summed E-state index contributed by atoms with van der Waals surface area (Å²) in [6, 6.07) is 1.44. The van der Waals surface area contributed by atoms with E-state index < -0.39 is 17.3 Å². The molecule has 82 valence electrons. The second-order valence-electron chi connectivity index (χ2n) is 3.60. The van der Waals surface area contributed by atoms with E-state index in [0.717, 1.165) is 0 Å². The van der Waals surface area contributed by atoms with Gasteiger partial charge in [-0.25, -0.2) is 4.39 Å². The summed E-state index contributed by atoms with van der Waals surface area (Å²) in [5.41, 5.74) is 0.636. The van der Waals surface area contributed by atoms with E-state index in [1.807, 2.05) is 0 Å². The van der Waals surface area contributed by atoms with Gasteiger partial charge in [-0.15, -0.1) is 0 Å². The minimum atomic E-state index is -0.854. The standard InChI is InChI=1S/C11H13FO3/c1-6(3-4-13)8-5-7(2)10(14)11(15)9(8)12/h4-6,14-15H,3H2,1-2H3. The number of aromatic hydroxyl groups is 2. The number of benzene rings is 1. The SMILES string of the molecule is Cc1cc(C(C)CC=O)c(F)c(O)c1O. The number of hydrogen-bond donors (Lipinski definition) is 2. The first kappa shape index (κ1) is 11.5. The minimum Gasteiger partial charge on any atom is -0.504 e. The summed E-state index contributed by atoms with van der Waals surface area (Å²) >= 11 is 0. The number of halogens is 1. The van der Waals surface area contributed by atoms with Gasteiger partial charge >= 0.3 is 0 Å². The van der Waals surface area contributed by atoms with Crippen LogP contribution in [0.3, 0.4) is 0 Å². The van der Waals surface area contributed by atoms with Crippen LogP contribution in [0.5, 0.6) is 11.5 Å². The van der Waals surface area contributed by atoms with Crippen LogP contribution in [-0.4, -0.2) is 16.5 Å². The average Bonchev–Trinajstić information content (AvgIpc) is 2.20. The predicted molar refractivity (Wildman–Crippen MR) is 53.6 cm³/mol. The molecule has 1 unspecified atom stereocenters. The number of phenolic OH excluding ortho intramolecular Hbond substituents is 2. The van der Waals surface area contributed by atoms with Crippen LogP contribution in [0.2, 0.25) is 0 Å². The maximum Gasteiger partial charge on any atom is 0.194 e. The van der Waals surface area contributed by atoms with Crippen molar-refractivity contribution in [3.8, 4) is 11.5 Å². The second kappa shape index (κ2) is 4.29. The summed E-state index contributed by atoms with van der Waals surface area (Å²) in [5, 5.41) is 18.5. The molecule has 0 aromatic heterocycles. The van der Waals surface area contributed by atoms with Crippen LogP contribution in [-0.2, 0) is 4.79 Å². The minimum absolute atomic E-state index is 0.181. The number of hydrogen-bond acceptors (Lipinski definition) is 3. The van der Waals surface area contributed by atoms with Gasteiger partial charge in [0.2, 0.25) is 0 Å².